The Balaban J connectivity index is 1.78. The first-order valence-electron chi connectivity index (χ1n) is 8.82. The van der Waals surface area contributed by atoms with Crippen LogP contribution in [0.25, 0.3) is 0 Å². The third-order valence-corrected chi connectivity index (χ3v) is 4.74. The Bertz CT molecular complexity index is 1190. The van der Waals surface area contributed by atoms with Crippen LogP contribution in [0.15, 0.2) is 51.9 Å². The average molecular weight is 392 g/mol. The second kappa shape index (κ2) is 7.20. The van der Waals surface area contributed by atoms with Crippen LogP contribution in [0.1, 0.15) is 27.2 Å². The van der Waals surface area contributed by atoms with E-state index in [0.29, 0.717) is 17.3 Å². The molecule has 1 aliphatic rings. The van der Waals surface area contributed by atoms with Crippen LogP contribution < -0.4 is 15.0 Å². The van der Waals surface area contributed by atoms with Crippen molar-refractivity contribution in [2.75, 3.05) is 6.61 Å². The summed E-state index contributed by atoms with van der Waals surface area (Å²) in [4.78, 5) is 25.8. The molecule has 1 N–H and O–H groups in total. The molecule has 0 bridgehead atoms. The number of carbonyl (C=O) groups excluding carboxylic acids is 1. The molecule has 0 amide bonds. The molecular formula is C21H16N2O6. The lowest BCUT2D eigenvalue weighted by atomic mass is 9.98. The van der Waals surface area contributed by atoms with Crippen molar-refractivity contribution < 1.29 is 23.8 Å². The number of nitriles is 1. The normalized spacial score (nSPS) is 15.0. The van der Waals surface area contributed by atoms with E-state index in [4.69, 9.17) is 13.9 Å². The average Bonchev–Trinajstić information content (AvgIpc) is 3.24. The Kier molecular flexibility index (Phi) is 4.56. The predicted octanol–water partition coefficient (Wildman–Crippen LogP) is 2.40. The van der Waals surface area contributed by atoms with Gasteiger partial charge in [-0.15, -0.1) is 0 Å². The molecule has 1 atom stereocenters. The Morgan fingerprint density at radius 3 is 2.72 bits per heavy atom. The lowest BCUT2D eigenvalue weighted by Crippen LogP contribution is -2.38. The number of benzene rings is 1. The Labute approximate surface area is 165 Å². The molecule has 3 aromatic rings. The van der Waals surface area contributed by atoms with Crippen molar-refractivity contribution in [2.24, 2.45) is 0 Å². The maximum atomic E-state index is 13.2. The van der Waals surface area contributed by atoms with E-state index in [1.807, 2.05) is 6.07 Å². The number of carbonyl (C=O) groups is 1. The van der Waals surface area contributed by atoms with Gasteiger partial charge in [-0.1, -0.05) is 12.1 Å². The molecule has 0 saturated carbocycles. The zero-order valence-electron chi connectivity index (χ0n) is 15.4. The highest BCUT2D eigenvalue weighted by molar-refractivity contribution is 6.03. The van der Waals surface area contributed by atoms with Gasteiger partial charge in [0.1, 0.15) is 24.0 Å². The van der Waals surface area contributed by atoms with E-state index in [1.54, 1.807) is 36.4 Å². The number of Topliss-reactive ketones (excluding diaryl/α,β-unsaturated/α-hetero) is 1. The van der Waals surface area contributed by atoms with Gasteiger partial charge in [0.05, 0.1) is 18.4 Å². The first-order chi connectivity index (χ1) is 14.0. The molecule has 8 nitrogen and oxygen atoms in total. The minimum atomic E-state index is -1.03. The Morgan fingerprint density at radius 1 is 1.28 bits per heavy atom. The van der Waals surface area contributed by atoms with Crippen molar-refractivity contribution in [1.82, 2.24) is 4.57 Å². The zero-order valence-corrected chi connectivity index (χ0v) is 15.4. The van der Waals surface area contributed by atoms with Gasteiger partial charge in [-0.2, -0.15) is 5.26 Å². The van der Waals surface area contributed by atoms with E-state index < -0.39 is 23.3 Å². The molecule has 146 valence electrons. The Hall–Kier alpha value is -3.99. The fraction of sp³-hybridized carbons (Fsp3) is 0.190. The predicted molar refractivity (Wildman–Crippen MR) is 100 cm³/mol. The molecule has 8 heteroatoms. The molecule has 3 heterocycles. The SMILES string of the molecule is Cc1c(C(=O)C2COc3ccccc3O2)c(O)n(Cc2ccco2)c(=O)c1C#N. The standard InChI is InChI=1S/C21H16N2O6/c1-12-14(9-22)20(25)23(10-13-5-4-8-27-13)21(26)18(12)19(24)17-11-28-15-6-2-3-7-16(15)29-17/h2-8,17,26H,10-11H2,1H3. The molecule has 1 aromatic carbocycles. The summed E-state index contributed by atoms with van der Waals surface area (Å²) < 4.78 is 17.5. The summed E-state index contributed by atoms with van der Waals surface area (Å²) in [6.45, 7) is 1.26. The van der Waals surface area contributed by atoms with Crippen molar-refractivity contribution >= 4 is 5.78 Å². The number of aromatic nitrogens is 1. The van der Waals surface area contributed by atoms with Crippen molar-refractivity contribution in [1.29, 1.82) is 5.26 Å². The van der Waals surface area contributed by atoms with Gasteiger partial charge in [0, 0.05) is 0 Å². The van der Waals surface area contributed by atoms with Crippen LogP contribution in [-0.2, 0) is 6.54 Å². The smallest absolute Gasteiger partial charge is 0.271 e. The maximum Gasteiger partial charge on any atom is 0.271 e. The molecule has 0 aliphatic carbocycles. The zero-order chi connectivity index (χ0) is 20.5. The van der Waals surface area contributed by atoms with Crippen molar-refractivity contribution in [3.63, 3.8) is 0 Å². The number of furan rings is 1. The molecule has 0 spiro atoms. The van der Waals surface area contributed by atoms with E-state index >= 15 is 0 Å². The minimum absolute atomic E-state index is 0.0616. The number of rotatable bonds is 4. The molecule has 0 fully saturated rings. The highest BCUT2D eigenvalue weighted by Crippen LogP contribution is 2.33. The molecule has 0 radical (unpaired) electrons. The quantitative estimate of drug-likeness (QED) is 0.678. The molecule has 1 aliphatic heterocycles. The fourth-order valence-electron chi connectivity index (χ4n) is 3.26. The number of ether oxygens (including phenoxy) is 2. The van der Waals surface area contributed by atoms with E-state index in [9.17, 15) is 20.0 Å². The number of pyridine rings is 1. The third kappa shape index (κ3) is 3.12. The van der Waals surface area contributed by atoms with Gasteiger partial charge in [0.25, 0.3) is 5.56 Å². The van der Waals surface area contributed by atoms with Crippen LogP contribution in [0.3, 0.4) is 0 Å². The molecule has 1 unspecified atom stereocenters. The number of aromatic hydroxyl groups is 1. The second-order valence-electron chi connectivity index (χ2n) is 6.51. The van der Waals surface area contributed by atoms with Crippen molar-refractivity contribution in [2.45, 2.75) is 19.6 Å². The summed E-state index contributed by atoms with van der Waals surface area (Å²) in [6, 6.07) is 12.0. The van der Waals surface area contributed by atoms with Gasteiger partial charge in [-0.25, -0.2) is 0 Å². The van der Waals surface area contributed by atoms with E-state index in [0.717, 1.165) is 4.57 Å². The molecule has 4 rings (SSSR count). The van der Waals surface area contributed by atoms with Crippen LogP contribution >= 0.6 is 0 Å². The number of hydrogen-bond acceptors (Lipinski definition) is 7. The van der Waals surface area contributed by atoms with Crippen LogP contribution in [0, 0.1) is 18.3 Å². The number of para-hydroxylation sites is 2. The molecule has 29 heavy (non-hydrogen) atoms. The number of nitrogens with zero attached hydrogens (tertiary/aromatic N) is 2. The fourth-order valence-corrected chi connectivity index (χ4v) is 3.26. The molecule has 0 saturated heterocycles. The first-order valence-corrected chi connectivity index (χ1v) is 8.82. The molecule has 2 aromatic heterocycles. The lowest BCUT2D eigenvalue weighted by molar-refractivity contribution is 0.0581. The monoisotopic (exact) mass is 392 g/mol. The largest absolute Gasteiger partial charge is 0.494 e. The summed E-state index contributed by atoms with van der Waals surface area (Å²) in [5.41, 5.74) is -0.990. The molecular weight excluding hydrogens is 376 g/mol. The summed E-state index contributed by atoms with van der Waals surface area (Å²) >= 11 is 0. The number of hydrogen-bond donors (Lipinski definition) is 1. The summed E-state index contributed by atoms with van der Waals surface area (Å²) in [5.74, 6) is 0.172. The van der Waals surface area contributed by atoms with Gasteiger partial charge in [-0.3, -0.25) is 14.2 Å². The first kappa shape index (κ1) is 18.4. The summed E-state index contributed by atoms with van der Waals surface area (Å²) in [6.07, 6.45) is 0.392. The highest BCUT2D eigenvalue weighted by atomic mass is 16.6. The van der Waals surface area contributed by atoms with Gasteiger partial charge >= 0.3 is 0 Å². The van der Waals surface area contributed by atoms with Gasteiger partial charge in [0.2, 0.25) is 11.7 Å². The summed E-state index contributed by atoms with van der Waals surface area (Å²) in [5, 5.41) is 20.2. The van der Waals surface area contributed by atoms with Gasteiger partial charge in [0.15, 0.2) is 17.6 Å². The van der Waals surface area contributed by atoms with Crippen molar-refractivity contribution in [3.8, 4) is 23.4 Å². The van der Waals surface area contributed by atoms with Crippen LogP contribution in [0.5, 0.6) is 17.4 Å². The van der Waals surface area contributed by atoms with E-state index in [2.05, 4.69) is 0 Å². The lowest BCUT2D eigenvalue weighted by Gasteiger charge is -2.26. The van der Waals surface area contributed by atoms with Crippen LogP contribution in [0.4, 0.5) is 0 Å². The number of fused-ring (bicyclic) bond motifs is 1. The van der Waals surface area contributed by atoms with Crippen LogP contribution in [0.2, 0.25) is 0 Å². The second-order valence-corrected chi connectivity index (χ2v) is 6.51. The number of ketones is 1. The van der Waals surface area contributed by atoms with Crippen molar-refractivity contribution in [3.05, 3.63) is 75.5 Å². The van der Waals surface area contributed by atoms with Gasteiger partial charge in [-0.05, 0) is 36.8 Å². The Morgan fingerprint density at radius 2 is 2.03 bits per heavy atom. The van der Waals surface area contributed by atoms with Crippen LogP contribution in [-0.4, -0.2) is 28.2 Å². The van der Waals surface area contributed by atoms with E-state index in [1.165, 1.54) is 13.2 Å². The topological polar surface area (TPSA) is 115 Å². The maximum absolute atomic E-state index is 13.2. The third-order valence-electron chi connectivity index (χ3n) is 4.74. The van der Waals surface area contributed by atoms with Gasteiger partial charge < -0.3 is 19.0 Å². The highest BCUT2D eigenvalue weighted by Gasteiger charge is 2.33. The minimum Gasteiger partial charge on any atom is -0.494 e. The van der Waals surface area contributed by atoms with E-state index in [-0.39, 0.29) is 29.8 Å². The summed E-state index contributed by atoms with van der Waals surface area (Å²) in [7, 11) is 0.